The van der Waals surface area contributed by atoms with Gasteiger partial charge in [-0.25, -0.2) is 4.98 Å². The van der Waals surface area contributed by atoms with Crippen LogP contribution in [-0.2, 0) is 6.42 Å². The zero-order valence-corrected chi connectivity index (χ0v) is 19.0. The standard InChI is InChI=1S/C24H23Cl2N5O/c25-16-4-8-18(9-5-16)27-23-22-20(2-1-3-21(22)32)28-24(29-23)31-14-12-30(13-15-31)19-10-6-17(26)7-11-19/h4-11H,1-3,12-15H2,(H,27,28,29). The van der Waals surface area contributed by atoms with E-state index in [9.17, 15) is 4.79 Å². The summed E-state index contributed by atoms with van der Waals surface area (Å²) in [6, 6.07) is 15.3. The molecule has 0 amide bonds. The van der Waals surface area contributed by atoms with Gasteiger partial charge in [0.15, 0.2) is 5.78 Å². The largest absolute Gasteiger partial charge is 0.368 e. The van der Waals surface area contributed by atoms with Crippen LogP contribution in [0.5, 0.6) is 0 Å². The first-order valence-corrected chi connectivity index (χ1v) is 11.5. The summed E-state index contributed by atoms with van der Waals surface area (Å²) in [6.07, 6.45) is 2.15. The molecule has 6 nitrogen and oxygen atoms in total. The van der Waals surface area contributed by atoms with E-state index in [1.165, 1.54) is 0 Å². The van der Waals surface area contributed by atoms with Crippen LogP contribution in [0, 0.1) is 0 Å². The number of carbonyl (C=O) groups is 1. The number of halogens is 2. The Morgan fingerprint density at radius 1 is 0.781 bits per heavy atom. The lowest BCUT2D eigenvalue weighted by Crippen LogP contribution is -2.47. The average molecular weight is 468 g/mol. The van der Waals surface area contributed by atoms with Crippen LogP contribution in [-0.4, -0.2) is 41.9 Å². The fraction of sp³-hybridized carbons (Fsp3) is 0.292. The molecule has 0 saturated carbocycles. The summed E-state index contributed by atoms with van der Waals surface area (Å²) >= 11 is 12.0. The van der Waals surface area contributed by atoms with Gasteiger partial charge in [-0.05, 0) is 61.4 Å². The Bertz CT molecular complexity index is 1130. The lowest BCUT2D eigenvalue weighted by molar-refractivity contribution is 0.0972. The van der Waals surface area contributed by atoms with Crippen molar-refractivity contribution in [3.8, 4) is 0 Å². The Kier molecular flexibility index (Phi) is 5.89. The second-order valence-corrected chi connectivity index (χ2v) is 8.93. The predicted molar refractivity (Wildman–Crippen MR) is 130 cm³/mol. The molecule has 0 spiro atoms. The number of hydrogen-bond acceptors (Lipinski definition) is 6. The molecule has 1 saturated heterocycles. The number of nitrogens with one attached hydrogen (secondary N) is 1. The van der Waals surface area contributed by atoms with E-state index in [0.29, 0.717) is 28.8 Å². The highest BCUT2D eigenvalue weighted by Gasteiger charge is 2.27. The molecule has 1 aromatic heterocycles. The van der Waals surface area contributed by atoms with E-state index in [4.69, 9.17) is 33.2 Å². The number of Topliss-reactive ketones (excluding diaryl/α,β-unsaturated/α-hetero) is 1. The minimum absolute atomic E-state index is 0.0989. The van der Waals surface area contributed by atoms with Gasteiger partial charge in [0.1, 0.15) is 5.82 Å². The molecule has 1 fully saturated rings. The van der Waals surface area contributed by atoms with E-state index < -0.39 is 0 Å². The minimum Gasteiger partial charge on any atom is -0.368 e. The van der Waals surface area contributed by atoms with Gasteiger partial charge in [0.25, 0.3) is 0 Å². The number of anilines is 4. The summed E-state index contributed by atoms with van der Waals surface area (Å²) in [5.41, 5.74) is 3.46. The van der Waals surface area contributed by atoms with Crippen molar-refractivity contribution in [2.24, 2.45) is 0 Å². The number of rotatable bonds is 4. The van der Waals surface area contributed by atoms with E-state index in [0.717, 1.165) is 61.1 Å². The fourth-order valence-electron chi connectivity index (χ4n) is 4.23. The summed E-state index contributed by atoms with van der Waals surface area (Å²) in [6.45, 7) is 3.33. The lowest BCUT2D eigenvalue weighted by Gasteiger charge is -2.36. The van der Waals surface area contributed by atoms with Crippen LogP contribution in [0.25, 0.3) is 0 Å². The molecule has 8 heteroatoms. The Hall–Kier alpha value is -2.83. The highest BCUT2D eigenvalue weighted by atomic mass is 35.5. The number of aromatic nitrogens is 2. The molecule has 1 aliphatic carbocycles. The summed E-state index contributed by atoms with van der Waals surface area (Å²) in [5.74, 6) is 1.35. The SMILES string of the molecule is O=C1CCCc2nc(N3CCN(c4ccc(Cl)cc4)CC3)nc(Nc3ccc(Cl)cc3)c21. The lowest BCUT2D eigenvalue weighted by atomic mass is 9.95. The molecule has 2 heterocycles. The first-order chi connectivity index (χ1) is 15.6. The first kappa shape index (κ1) is 21.0. The predicted octanol–water partition coefficient (Wildman–Crippen LogP) is 5.37. The van der Waals surface area contributed by atoms with Gasteiger partial charge < -0.3 is 15.1 Å². The van der Waals surface area contributed by atoms with Crippen LogP contribution in [0.2, 0.25) is 10.0 Å². The summed E-state index contributed by atoms with van der Waals surface area (Å²) in [7, 11) is 0. The molecule has 5 rings (SSSR count). The van der Waals surface area contributed by atoms with Crippen LogP contribution in [0.1, 0.15) is 28.9 Å². The van der Waals surface area contributed by atoms with Crippen molar-refractivity contribution < 1.29 is 4.79 Å². The van der Waals surface area contributed by atoms with Crippen molar-refractivity contribution in [3.63, 3.8) is 0 Å². The van der Waals surface area contributed by atoms with Gasteiger partial charge in [-0.1, -0.05) is 23.2 Å². The van der Waals surface area contributed by atoms with Gasteiger partial charge >= 0.3 is 0 Å². The fourth-order valence-corrected chi connectivity index (χ4v) is 4.48. The van der Waals surface area contributed by atoms with E-state index in [1.54, 1.807) is 0 Å². The van der Waals surface area contributed by atoms with Crippen LogP contribution in [0.3, 0.4) is 0 Å². The van der Waals surface area contributed by atoms with E-state index in [-0.39, 0.29) is 5.78 Å². The van der Waals surface area contributed by atoms with Gasteiger partial charge in [0.05, 0.1) is 11.3 Å². The van der Waals surface area contributed by atoms with Crippen LogP contribution < -0.4 is 15.1 Å². The highest BCUT2D eigenvalue weighted by Crippen LogP contribution is 2.31. The van der Waals surface area contributed by atoms with Crippen LogP contribution in [0.4, 0.5) is 23.1 Å². The van der Waals surface area contributed by atoms with Crippen molar-refractivity contribution in [1.29, 1.82) is 0 Å². The number of ketones is 1. The Morgan fingerprint density at radius 2 is 1.41 bits per heavy atom. The molecule has 2 aromatic carbocycles. The molecule has 1 N–H and O–H groups in total. The molecular formula is C24H23Cl2N5O. The Labute approximate surface area is 197 Å². The summed E-state index contributed by atoms with van der Waals surface area (Å²) in [4.78, 5) is 26.8. The maximum absolute atomic E-state index is 12.7. The molecule has 32 heavy (non-hydrogen) atoms. The van der Waals surface area contributed by atoms with Gasteiger partial charge in [0.2, 0.25) is 5.95 Å². The molecule has 164 valence electrons. The van der Waals surface area contributed by atoms with E-state index in [2.05, 4.69) is 15.1 Å². The van der Waals surface area contributed by atoms with Crippen molar-refractivity contribution in [1.82, 2.24) is 9.97 Å². The maximum atomic E-state index is 12.7. The zero-order chi connectivity index (χ0) is 22.1. The topological polar surface area (TPSA) is 61.4 Å². The third kappa shape index (κ3) is 4.38. The average Bonchev–Trinajstić information content (AvgIpc) is 2.81. The normalized spacial score (nSPS) is 16.1. The summed E-state index contributed by atoms with van der Waals surface area (Å²) in [5, 5.41) is 4.73. The Morgan fingerprint density at radius 3 is 2.09 bits per heavy atom. The quantitative estimate of drug-likeness (QED) is 0.556. The van der Waals surface area contributed by atoms with Crippen molar-refractivity contribution in [2.45, 2.75) is 19.3 Å². The monoisotopic (exact) mass is 467 g/mol. The molecule has 2 aliphatic rings. The number of nitrogens with zero attached hydrogens (tertiary/aromatic N) is 4. The summed E-state index contributed by atoms with van der Waals surface area (Å²) < 4.78 is 0. The van der Waals surface area contributed by atoms with Gasteiger partial charge in [-0.15, -0.1) is 0 Å². The minimum atomic E-state index is 0.0989. The third-order valence-corrected chi connectivity index (χ3v) is 6.43. The van der Waals surface area contributed by atoms with E-state index >= 15 is 0 Å². The molecular weight excluding hydrogens is 445 g/mol. The second kappa shape index (κ2) is 8.96. The number of benzene rings is 2. The number of hydrogen-bond donors (Lipinski definition) is 1. The van der Waals surface area contributed by atoms with Crippen molar-refractivity contribution in [3.05, 3.63) is 69.8 Å². The van der Waals surface area contributed by atoms with Gasteiger partial charge in [-0.2, -0.15) is 4.98 Å². The molecule has 0 atom stereocenters. The van der Waals surface area contributed by atoms with Gasteiger partial charge in [0, 0.05) is 54.0 Å². The van der Waals surface area contributed by atoms with Gasteiger partial charge in [-0.3, -0.25) is 4.79 Å². The third-order valence-electron chi connectivity index (χ3n) is 5.93. The second-order valence-electron chi connectivity index (χ2n) is 8.05. The number of fused-ring (bicyclic) bond motifs is 1. The molecule has 3 aromatic rings. The molecule has 0 radical (unpaired) electrons. The number of aryl methyl sites for hydroxylation is 1. The van der Waals surface area contributed by atoms with Crippen LogP contribution >= 0.6 is 23.2 Å². The molecule has 0 bridgehead atoms. The Balaban J connectivity index is 1.40. The first-order valence-electron chi connectivity index (χ1n) is 10.8. The molecule has 1 aliphatic heterocycles. The van der Waals surface area contributed by atoms with Crippen molar-refractivity contribution >= 4 is 52.1 Å². The number of carbonyl (C=O) groups excluding carboxylic acids is 1. The number of piperazine rings is 1. The highest BCUT2D eigenvalue weighted by molar-refractivity contribution is 6.30. The smallest absolute Gasteiger partial charge is 0.227 e. The molecule has 0 unspecified atom stereocenters. The zero-order valence-electron chi connectivity index (χ0n) is 17.5. The van der Waals surface area contributed by atoms with Crippen molar-refractivity contribution in [2.75, 3.05) is 41.3 Å². The van der Waals surface area contributed by atoms with Crippen LogP contribution in [0.15, 0.2) is 48.5 Å². The van der Waals surface area contributed by atoms with E-state index in [1.807, 2.05) is 48.5 Å². The maximum Gasteiger partial charge on any atom is 0.227 e.